The molecule has 1 aliphatic rings. The summed E-state index contributed by atoms with van der Waals surface area (Å²) < 4.78 is 27.4. The van der Waals surface area contributed by atoms with Crippen LogP contribution in [0.3, 0.4) is 0 Å². The first-order valence-electron chi connectivity index (χ1n) is 7.53. The zero-order valence-corrected chi connectivity index (χ0v) is 14.6. The van der Waals surface area contributed by atoms with Crippen molar-refractivity contribution < 1.29 is 13.2 Å². The maximum Gasteiger partial charge on any atom is 0.244 e. The van der Waals surface area contributed by atoms with Crippen LogP contribution in [-0.2, 0) is 14.8 Å². The van der Waals surface area contributed by atoms with E-state index in [0.29, 0.717) is 6.54 Å². The lowest BCUT2D eigenvalue weighted by Gasteiger charge is -2.33. The van der Waals surface area contributed by atoms with E-state index in [4.69, 9.17) is 0 Å². The molecular formula is C16H24N2O3S. The van der Waals surface area contributed by atoms with Gasteiger partial charge in [0, 0.05) is 19.5 Å². The summed E-state index contributed by atoms with van der Waals surface area (Å²) in [5, 5.41) is 0. The summed E-state index contributed by atoms with van der Waals surface area (Å²) in [6, 6.07) is 6.72. The largest absolute Gasteiger partial charge is 0.322 e. The predicted molar refractivity (Wildman–Crippen MR) is 85.7 cm³/mol. The molecule has 2 atom stereocenters. The minimum atomic E-state index is -3.61. The Morgan fingerprint density at radius 3 is 2.23 bits per heavy atom. The third-order valence-corrected chi connectivity index (χ3v) is 5.94. The molecule has 0 saturated carbocycles. The van der Waals surface area contributed by atoms with Gasteiger partial charge in [-0.2, -0.15) is 4.31 Å². The van der Waals surface area contributed by atoms with Gasteiger partial charge in [0.05, 0.1) is 4.90 Å². The summed E-state index contributed by atoms with van der Waals surface area (Å²) in [6.07, 6.45) is -0.432. The Balaban J connectivity index is 2.45. The first-order chi connectivity index (χ1) is 10.2. The third kappa shape index (κ3) is 2.90. The molecule has 0 N–H and O–H groups in total. The highest BCUT2D eigenvalue weighted by atomic mass is 32.2. The van der Waals surface area contributed by atoms with E-state index in [1.807, 2.05) is 27.7 Å². The molecule has 0 unspecified atom stereocenters. The van der Waals surface area contributed by atoms with Gasteiger partial charge in [0.15, 0.2) is 0 Å². The molecule has 1 aromatic rings. The first-order valence-corrected chi connectivity index (χ1v) is 8.97. The SMILES string of the molecule is CC(=O)N1[C@H](C)CN(S(=O)(=O)c2ccc(C)cc2)[C@@H]1C(C)C. The summed E-state index contributed by atoms with van der Waals surface area (Å²) in [5.41, 5.74) is 1.01. The summed E-state index contributed by atoms with van der Waals surface area (Å²) in [5.74, 6) is -0.0677. The van der Waals surface area contributed by atoms with Crippen LogP contribution in [0.4, 0.5) is 0 Å². The molecule has 0 spiro atoms. The molecule has 0 aliphatic carbocycles. The Labute approximate surface area is 133 Å². The van der Waals surface area contributed by atoms with E-state index in [9.17, 15) is 13.2 Å². The van der Waals surface area contributed by atoms with E-state index < -0.39 is 16.2 Å². The molecule has 2 rings (SSSR count). The Morgan fingerprint density at radius 2 is 1.77 bits per heavy atom. The van der Waals surface area contributed by atoms with Crippen molar-refractivity contribution in [3.63, 3.8) is 0 Å². The lowest BCUT2D eigenvalue weighted by atomic mass is 10.1. The number of sulfonamides is 1. The molecule has 122 valence electrons. The summed E-state index contributed by atoms with van der Waals surface area (Å²) in [6.45, 7) is 9.52. The van der Waals surface area contributed by atoms with E-state index in [-0.39, 0.29) is 22.8 Å². The molecule has 0 radical (unpaired) electrons. The number of aryl methyl sites for hydroxylation is 1. The van der Waals surface area contributed by atoms with Crippen LogP contribution in [0.5, 0.6) is 0 Å². The summed E-state index contributed by atoms with van der Waals surface area (Å²) in [4.78, 5) is 13.9. The maximum absolute atomic E-state index is 13.0. The fourth-order valence-electron chi connectivity index (χ4n) is 3.09. The van der Waals surface area contributed by atoms with Crippen molar-refractivity contribution in [1.82, 2.24) is 9.21 Å². The zero-order chi connectivity index (χ0) is 16.7. The molecule has 1 heterocycles. The number of carbonyl (C=O) groups is 1. The van der Waals surface area contributed by atoms with Crippen molar-refractivity contribution in [3.05, 3.63) is 29.8 Å². The Hall–Kier alpha value is -1.40. The number of amides is 1. The monoisotopic (exact) mass is 324 g/mol. The van der Waals surface area contributed by atoms with Crippen LogP contribution < -0.4 is 0 Å². The molecule has 0 bridgehead atoms. The topological polar surface area (TPSA) is 57.7 Å². The Morgan fingerprint density at radius 1 is 1.23 bits per heavy atom. The average Bonchev–Trinajstić information content (AvgIpc) is 2.78. The molecular weight excluding hydrogens is 300 g/mol. The van der Waals surface area contributed by atoms with Crippen molar-refractivity contribution in [2.75, 3.05) is 6.54 Å². The van der Waals surface area contributed by atoms with Gasteiger partial charge in [0.2, 0.25) is 15.9 Å². The van der Waals surface area contributed by atoms with Crippen LogP contribution in [-0.4, -0.2) is 42.3 Å². The van der Waals surface area contributed by atoms with Gasteiger partial charge in [-0.3, -0.25) is 4.79 Å². The van der Waals surface area contributed by atoms with Gasteiger partial charge >= 0.3 is 0 Å². The normalized spacial score (nSPS) is 23.3. The second kappa shape index (κ2) is 6.01. The highest BCUT2D eigenvalue weighted by molar-refractivity contribution is 7.89. The average molecular weight is 324 g/mol. The van der Waals surface area contributed by atoms with Gasteiger partial charge in [-0.1, -0.05) is 31.5 Å². The number of carbonyl (C=O) groups excluding carboxylic acids is 1. The fourth-order valence-corrected chi connectivity index (χ4v) is 4.88. The molecule has 1 saturated heterocycles. The molecule has 6 heteroatoms. The van der Waals surface area contributed by atoms with Crippen LogP contribution in [0.15, 0.2) is 29.2 Å². The molecule has 1 amide bonds. The Kier molecular flexibility index (Phi) is 4.63. The van der Waals surface area contributed by atoms with Crippen LogP contribution in [0.2, 0.25) is 0 Å². The van der Waals surface area contributed by atoms with Crippen LogP contribution in [0, 0.1) is 12.8 Å². The lowest BCUT2D eigenvalue weighted by molar-refractivity contribution is -0.133. The lowest BCUT2D eigenvalue weighted by Crippen LogP contribution is -2.47. The number of hydrogen-bond acceptors (Lipinski definition) is 3. The van der Waals surface area contributed by atoms with E-state index >= 15 is 0 Å². The second-order valence-corrected chi connectivity index (χ2v) is 8.21. The molecule has 1 fully saturated rings. The van der Waals surface area contributed by atoms with Crippen molar-refractivity contribution >= 4 is 15.9 Å². The third-order valence-electron chi connectivity index (χ3n) is 4.09. The van der Waals surface area contributed by atoms with E-state index in [1.165, 1.54) is 11.2 Å². The number of nitrogens with zero attached hydrogens (tertiary/aromatic N) is 2. The van der Waals surface area contributed by atoms with Gasteiger partial charge in [-0.25, -0.2) is 8.42 Å². The summed E-state index contributed by atoms with van der Waals surface area (Å²) in [7, 11) is -3.61. The van der Waals surface area contributed by atoms with Gasteiger partial charge in [-0.15, -0.1) is 0 Å². The van der Waals surface area contributed by atoms with Gasteiger partial charge in [0.25, 0.3) is 0 Å². The van der Waals surface area contributed by atoms with Crippen molar-refractivity contribution in [1.29, 1.82) is 0 Å². The van der Waals surface area contributed by atoms with Gasteiger partial charge in [-0.05, 0) is 31.9 Å². The number of benzene rings is 1. The van der Waals surface area contributed by atoms with E-state index in [0.717, 1.165) is 5.56 Å². The minimum Gasteiger partial charge on any atom is -0.322 e. The Bertz CT molecular complexity index is 652. The second-order valence-electron chi connectivity index (χ2n) is 6.32. The standard InChI is InChI=1S/C16H24N2O3S/c1-11(2)16-17(10-13(4)18(16)14(5)19)22(20,21)15-8-6-12(3)7-9-15/h6-9,11,13,16H,10H2,1-5H3/t13-,16+/m1/s1. The van der Waals surface area contributed by atoms with Crippen molar-refractivity contribution in [2.45, 2.75) is 51.7 Å². The van der Waals surface area contributed by atoms with E-state index in [1.54, 1.807) is 29.2 Å². The van der Waals surface area contributed by atoms with Crippen molar-refractivity contribution in [2.24, 2.45) is 5.92 Å². The van der Waals surface area contributed by atoms with Crippen LogP contribution in [0.1, 0.15) is 33.3 Å². The molecule has 1 aromatic carbocycles. The summed E-state index contributed by atoms with van der Waals surface area (Å²) >= 11 is 0. The smallest absolute Gasteiger partial charge is 0.244 e. The maximum atomic E-state index is 13.0. The quantitative estimate of drug-likeness (QED) is 0.856. The first kappa shape index (κ1) is 17.0. The molecule has 22 heavy (non-hydrogen) atoms. The molecule has 1 aliphatic heterocycles. The number of hydrogen-bond donors (Lipinski definition) is 0. The van der Waals surface area contributed by atoms with Gasteiger partial charge < -0.3 is 4.90 Å². The number of rotatable bonds is 3. The molecule has 5 nitrogen and oxygen atoms in total. The fraction of sp³-hybridized carbons (Fsp3) is 0.562. The highest BCUT2D eigenvalue weighted by Gasteiger charge is 2.46. The van der Waals surface area contributed by atoms with Crippen LogP contribution in [0.25, 0.3) is 0 Å². The minimum absolute atomic E-state index is 0.0223. The predicted octanol–water partition coefficient (Wildman–Crippen LogP) is 2.22. The van der Waals surface area contributed by atoms with Gasteiger partial charge in [0.1, 0.15) is 6.17 Å². The van der Waals surface area contributed by atoms with Crippen LogP contribution >= 0.6 is 0 Å². The van der Waals surface area contributed by atoms with E-state index in [2.05, 4.69) is 0 Å². The highest BCUT2D eigenvalue weighted by Crippen LogP contribution is 2.31. The molecule has 0 aromatic heterocycles. The van der Waals surface area contributed by atoms with Crippen molar-refractivity contribution in [3.8, 4) is 0 Å². The zero-order valence-electron chi connectivity index (χ0n) is 13.8.